The smallest absolute Gasteiger partial charge is 0.328 e. The zero-order chi connectivity index (χ0) is 61.9. The summed E-state index contributed by atoms with van der Waals surface area (Å²) >= 11 is 17.7. The second kappa shape index (κ2) is 32.6. The zero-order valence-corrected chi connectivity index (χ0v) is 48.0. The van der Waals surface area contributed by atoms with Gasteiger partial charge in [-0.05, 0) is 90.5 Å². The van der Waals surface area contributed by atoms with Crippen LogP contribution in [0.5, 0.6) is 17.6 Å². The number of carboxylic acids is 1. The minimum Gasteiger partial charge on any atom is -0.481 e. The molecule has 440 valence electrons. The summed E-state index contributed by atoms with van der Waals surface area (Å²) in [6.07, 6.45) is 18.8. The van der Waals surface area contributed by atoms with Crippen LogP contribution in [-0.4, -0.2) is 122 Å². The molecule has 2 aromatic carbocycles. The van der Waals surface area contributed by atoms with Crippen LogP contribution in [0.2, 0.25) is 10.0 Å². The lowest BCUT2D eigenvalue weighted by Crippen LogP contribution is -2.30. The van der Waals surface area contributed by atoms with Gasteiger partial charge in [-0.25, -0.2) is 30.6 Å². The molecular formula is C58H47Cl3N16O10. The maximum absolute atomic E-state index is 11.7. The summed E-state index contributed by atoms with van der Waals surface area (Å²) in [7, 11) is 4.48. The number of pyridine rings is 5. The van der Waals surface area contributed by atoms with E-state index in [0.717, 1.165) is 29.0 Å². The van der Waals surface area contributed by atoms with Crippen molar-refractivity contribution in [2.75, 3.05) is 27.9 Å². The van der Waals surface area contributed by atoms with Crippen LogP contribution >= 0.6 is 34.8 Å². The highest BCUT2D eigenvalue weighted by atomic mass is 35.5. The highest BCUT2D eigenvalue weighted by Crippen LogP contribution is 2.29. The predicted molar refractivity (Wildman–Crippen MR) is 321 cm³/mol. The van der Waals surface area contributed by atoms with Gasteiger partial charge in [0, 0.05) is 114 Å². The molecular weight excluding hydrogens is 1190 g/mol. The molecule has 29 heteroatoms. The number of methoxy groups -OCH3 is 3. The first-order valence-electron chi connectivity index (χ1n) is 25.0. The Balaban J connectivity index is 0.000000174. The molecule has 10 rings (SSSR count). The largest absolute Gasteiger partial charge is 0.481 e. The van der Waals surface area contributed by atoms with Crippen LogP contribution in [-0.2, 0) is 14.4 Å². The molecule has 1 amide bonds. The van der Waals surface area contributed by atoms with E-state index in [2.05, 4.69) is 71.2 Å². The molecule has 8 heterocycles. The van der Waals surface area contributed by atoms with Crippen LogP contribution in [0.1, 0.15) is 33.5 Å². The van der Waals surface area contributed by atoms with Gasteiger partial charge in [0.05, 0.1) is 49.3 Å². The van der Waals surface area contributed by atoms with Crippen molar-refractivity contribution < 1.29 is 47.3 Å². The van der Waals surface area contributed by atoms with Crippen molar-refractivity contribution in [2.24, 2.45) is 10.8 Å². The highest BCUT2D eigenvalue weighted by Gasteiger charge is 2.17. The number of nitrogens with two attached hydrogens (primary N) is 1. The second-order valence-corrected chi connectivity index (χ2v) is 17.8. The quantitative estimate of drug-likeness (QED) is 0.0155. The lowest BCUT2D eigenvalue weighted by Gasteiger charge is -2.10. The second-order valence-electron chi connectivity index (χ2n) is 16.6. The number of nitrogens with zero attached hydrogens (tertiary/aromatic N) is 13. The van der Waals surface area contributed by atoms with Crippen LogP contribution in [0.15, 0.2) is 185 Å². The van der Waals surface area contributed by atoms with Crippen LogP contribution in [0.3, 0.4) is 0 Å². The number of amidine groups is 1. The number of aliphatic imine (C=N–C) groups is 1. The minimum absolute atomic E-state index is 0.190. The molecule has 0 spiro atoms. The first-order valence-corrected chi connectivity index (χ1v) is 26.2. The van der Waals surface area contributed by atoms with Crippen LogP contribution in [0.25, 0.3) is 58.2 Å². The van der Waals surface area contributed by atoms with Crippen molar-refractivity contribution in [1.29, 1.82) is 0 Å². The number of aromatic nitrogens is 12. The number of carbonyl (C=O) groups excluding carboxylic acids is 3. The van der Waals surface area contributed by atoms with Gasteiger partial charge in [0.15, 0.2) is 17.4 Å². The number of allylic oxidation sites excluding steroid dienone is 1. The molecule has 0 aliphatic rings. The average molecular weight is 1230 g/mol. The van der Waals surface area contributed by atoms with Gasteiger partial charge >= 0.3 is 5.97 Å². The lowest BCUT2D eigenvalue weighted by atomic mass is 10.2. The number of carbonyl (C=O) groups is 4. The van der Waals surface area contributed by atoms with Crippen LogP contribution < -0.4 is 30.8 Å². The van der Waals surface area contributed by atoms with E-state index in [1.165, 1.54) is 38.6 Å². The number of ketones is 1. The topological polar surface area (TPSA) is 352 Å². The number of para-hydroxylation sites is 2. The van der Waals surface area contributed by atoms with E-state index in [1.54, 1.807) is 86.8 Å². The normalized spacial score (nSPS) is 10.9. The number of ether oxygens (including phenoxy) is 3. The van der Waals surface area contributed by atoms with E-state index in [-0.39, 0.29) is 18.3 Å². The van der Waals surface area contributed by atoms with Crippen molar-refractivity contribution in [1.82, 2.24) is 70.8 Å². The molecule has 0 fully saturated rings. The third-order valence-corrected chi connectivity index (χ3v) is 11.7. The van der Waals surface area contributed by atoms with Gasteiger partial charge in [-0.15, -0.1) is 30.6 Å². The van der Waals surface area contributed by atoms with Crippen LogP contribution in [0.4, 0.5) is 5.69 Å². The first-order chi connectivity index (χ1) is 42.2. The maximum Gasteiger partial charge on any atom is 0.328 e. The number of aliphatic carboxylic acids is 1. The molecule has 0 atom stereocenters. The number of hydrazine groups is 1. The third-order valence-electron chi connectivity index (χ3n) is 10.9. The Kier molecular flexibility index (Phi) is 23.8. The van der Waals surface area contributed by atoms with Gasteiger partial charge in [0.25, 0.3) is 5.91 Å². The number of rotatable bonds is 18. The van der Waals surface area contributed by atoms with Gasteiger partial charge in [0.1, 0.15) is 5.84 Å². The summed E-state index contributed by atoms with van der Waals surface area (Å²) in [5.74, 6) is 7.28. The van der Waals surface area contributed by atoms with E-state index in [0.29, 0.717) is 85.4 Å². The van der Waals surface area contributed by atoms with Crippen molar-refractivity contribution in [3.8, 4) is 57.6 Å². The summed E-state index contributed by atoms with van der Waals surface area (Å²) in [6, 6.07) is 31.9. The first kappa shape index (κ1) is 63.4. The summed E-state index contributed by atoms with van der Waals surface area (Å²) in [5, 5.41) is 35.7. The number of amides is 1. The molecule has 0 aliphatic carbocycles. The fourth-order valence-electron chi connectivity index (χ4n) is 6.90. The van der Waals surface area contributed by atoms with Crippen molar-refractivity contribution >= 4 is 87.5 Å². The minimum atomic E-state index is -1.22. The van der Waals surface area contributed by atoms with Crippen molar-refractivity contribution in [3.05, 3.63) is 210 Å². The Bertz CT molecular complexity index is 4070. The average Bonchev–Trinajstić information content (AvgIpc) is 2.10. The molecule has 0 aliphatic heterocycles. The fourth-order valence-corrected chi connectivity index (χ4v) is 7.36. The molecule has 8 aromatic heterocycles. The van der Waals surface area contributed by atoms with Gasteiger partial charge in [-0.1, -0.05) is 47.5 Å². The standard InChI is InChI=1S/C23H16ClN7O2.C12H11ClN4.C12H12N2O5.C11H8ClN3O3/c1-32-21-14-16(10-13-26-21)23-30-28-20(33-23)7-6-19-27-29-22(15-8-11-25-12-9-15)31(19)18-5-3-2-4-17(18)24;13-10-3-1-2-4-11(10)16-12(17-14)9-5-7-15-8-6-9;1-19-10-6-8(4-5-13-10)12(18)14-7-9(15)2-3-11(16)17;1-17-10-6-7(4-5-13-10)11-15-14-9(18-11)3-2-8(12)16/h2-14H,1H3;1-8H,14H2,(H,16,17);2-6H,7H2,1H3,(H,14,18)(H,16,17);2-6H,1H3/b7-6+;;3-2-;3-2+. The van der Waals surface area contributed by atoms with Gasteiger partial charge in [0.2, 0.25) is 46.4 Å². The molecule has 0 bridgehead atoms. The molecule has 0 unspecified atom stereocenters. The number of nitrogens with one attached hydrogen (secondary N) is 2. The molecule has 5 N–H and O–H groups in total. The Morgan fingerprint density at radius 2 is 1.15 bits per heavy atom. The highest BCUT2D eigenvalue weighted by molar-refractivity contribution is 6.66. The molecule has 0 saturated carbocycles. The molecule has 10 aromatic rings. The monoisotopic (exact) mass is 1230 g/mol. The van der Waals surface area contributed by atoms with Gasteiger partial charge < -0.3 is 38.9 Å². The Hall–Kier alpha value is -11.2. The van der Waals surface area contributed by atoms with Gasteiger partial charge in [-0.3, -0.25) is 28.9 Å². The number of hydrogen-bond acceptors (Lipinski definition) is 22. The summed E-state index contributed by atoms with van der Waals surface area (Å²) in [4.78, 5) is 67.9. The molecule has 0 radical (unpaired) electrons. The number of carboxylic acid groups (broad SMARTS) is 1. The van der Waals surface area contributed by atoms with Crippen LogP contribution in [0, 0.1) is 0 Å². The molecule has 26 nitrogen and oxygen atoms in total. The number of halogens is 3. The summed E-state index contributed by atoms with van der Waals surface area (Å²) < 4.78 is 27.9. The SMILES string of the molecule is COc1cc(-c2nnc(/C=C/C(=O)Cl)o2)ccn1.COc1cc(-c2nnc(/C=C/c3nnc(-c4ccncc4)n3-c3ccccc3Cl)o2)ccn1.COc1cc(C(=O)NCC(=O)/C=C\C(=O)O)ccn1.NNC(=Nc1ccccc1Cl)c1ccncc1. The number of benzene rings is 2. The van der Waals surface area contributed by atoms with Gasteiger partial charge in [-0.2, -0.15) is 0 Å². The van der Waals surface area contributed by atoms with Crippen molar-refractivity contribution in [2.45, 2.75) is 0 Å². The Morgan fingerprint density at radius 1 is 0.609 bits per heavy atom. The van der Waals surface area contributed by atoms with E-state index in [4.69, 9.17) is 68.8 Å². The molecule has 87 heavy (non-hydrogen) atoms. The maximum atomic E-state index is 11.7. The zero-order valence-electron chi connectivity index (χ0n) is 45.8. The van der Waals surface area contributed by atoms with E-state index < -0.39 is 22.9 Å². The molecule has 0 saturated heterocycles. The fraction of sp³-hybridized carbons (Fsp3) is 0.0690. The van der Waals surface area contributed by atoms with E-state index >= 15 is 0 Å². The Morgan fingerprint density at radius 3 is 1.72 bits per heavy atom. The van der Waals surface area contributed by atoms with E-state index in [1.807, 2.05) is 71.3 Å². The Labute approximate surface area is 509 Å². The summed E-state index contributed by atoms with van der Waals surface area (Å²) in [5.41, 5.74) is 7.33. The lowest BCUT2D eigenvalue weighted by molar-refractivity contribution is -0.131. The third kappa shape index (κ3) is 19.2. The predicted octanol–water partition coefficient (Wildman–Crippen LogP) is 8.83. The van der Waals surface area contributed by atoms with E-state index in [9.17, 15) is 19.2 Å². The number of hydrogen-bond donors (Lipinski definition) is 4. The van der Waals surface area contributed by atoms with Crippen molar-refractivity contribution in [3.63, 3.8) is 0 Å². The summed E-state index contributed by atoms with van der Waals surface area (Å²) in [6.45, 7) is -0.284.